The molecule has 0 fully saturated rings. The molecule has 0 radical (unpaired) electrons. The first kappa shape index (κ1) is 13.1. The second-order valence-electron chi connectivity index (χ2n) is 4.17. The molecular formula is C11H16N4O2. The monoisotopic (exact) mass is 236 g/mol. The largest absolute Gasteiger partial charge is 0.368 e. The van der Waals surface area contributed by atoms with E-state index in [1.165, 1.54) is 12.4 Å². The molecule has 0 aromatic carbocycles. The maximum Gasteiger partial charge on any atom is 0.237 e. The molecule has 0 saturated carbocycles. The number of rotatable bonds is 6. The van der Waals surface area contributed by atoms with Crippen molar-refractivity contribution in [3.63, 3.8) is 0 Å². The third-order valence-electron chi connectivity index (χ3n) is 2.01. The number of aldehydes is 1. The normalized spacial score (nSPS) is 10.3. The molecule has 6 heteroatoms. The predicted octanol–water partition coefficient (Wildman–Crippen LogP) is 0.237. The molecule has 1 aromatic heterocycles. The van der Waals surface area contributed by atoms with Crippen molar-refractivity contribution in [2.45, 2.75) is 13.8 Å². The Kier molecular flexibility index (Phi) is 4.56. The quantitative estimate of drug-likeness (QED) is 0.714. The van der Waals surface area contributed by atoms with Crippen molar-refractivity contribution in [2.24, 2.45) is 11.7 Å². The topological polar surface area (TPSA) is 89.2 Å². The lowest BCUT2D eigenvalue weighted by atomic mass is 10.2. The zero-order valence-corrected chi connectivity index (χ0v) is 9.96. The Morgan fingerprint density at radius 3 is 2.47 bits per heavy atom. The summed E-state index contributed by atoms with van der Waals surface area (Å²) in [5.74, 6) is 0.320. The average Bonchev–Trinajstić information content (AvgIpc) is 2.27. The van der Waals surface area contributed by atoms with Crippen molar-refractivity contribution >= 4 is 18.1 Å². The van der Waals surface area contributed by atoms with Gasteiger partial charge < -0.3 is 10.6 Å². The van der Waals surface area contributed by atoms with Gasteiger partial charge in [-0.15, -0.1) is 0 Å². The fourth-order valence-corrected chi connectivity index (χ4v) is 1.40. The first-order valence-electron chi connectivity index (χ1n) is 5.33. The summed E-state index contributed by atoms with van der Waals surface area (Å²) in [5, 5.41) is 0. The molecule has 0 bridgehead atoms. The maximum atomic E-state index is 11.0. The van der Waals surface area contributed by atoms with E-state index in [9.17, 15) is 9.59 Å². The van der Waals surface area contributed by atoms with Gasteiger partial charge in [-0.1, -0.05) is 13.8 Å². The van der Waals surface area contributed by atoms with E-state index in [0.29, 0.717) is 30.3 Å². The minimum atomic E-state index is -0.436. The summed E-state index contributed by atoms with van der Waals surface area (Å²) >= 11 is 0. The summed E-state index contributed by atoms with van der Waals surface area (Å²) in [6.45, 7) is 4.74. The maximum absolute atomic E-state index is 11.0. The fourth-order valence-electron chi connectivity index (χ4n) is 1.40. The Hall–Kier alpha value is -1.98. The third kappa shape index (κ3) is 4.18. The van der Waals surface area contributed by atoms with Crippen LogP contribution in [-0.2, 0) is 4.79 Å². The minimum absolute atomic E-state index is 0.0681. The van der Waals surface area contributed by atoms with E-state index >= 15 is 0 Å². The van der Waals surface area contributed by atoms with Crippen LogP contribution in [0, 0.1) is 5.92 Å². The lowest BCUT2D eigenvalue weighted by molar-refractivity contribution is -0.116. The van der Waals surface area contributed by atoms with Crippen molar-refractivity contribution in [3.8, 4) is 0 Å². The van der Waals surface area contributed by atoms with Gasteiger partial charge in [-0.25, -0.2) is 9.97 Å². The summed E-state index contributed by atoms with van der Waals surface area (Å²) in [7, 11) is 0. The van der Waals surface area contributed by atoms with Crippen LogP contribution in [0.2, 0.25) is 0 Å². The molecule has 0 spiro atoms. The van der Waals surface area contributed by atoms with Crippen LogP contribution in [0.25, 0.3) is 0 Å². The third-order valence-corrected chi connectivity index (χ3v) is 2.01. The number of carbonyl (C=O) groups is 2. The predicted molar refractivity (Wildman–Crippen MR) is 63.7 cm³/mol. The molecule has 0 aliphatic rings. The molecule has 0 aliphatic heterocycles. The number of carbonyl (C=O) groups excluding carboxylic acids is 2. The number of hydrogen-bond acceptors (Lipinski definition) is 5. The molecule has 0 aliphatic carbocycles. The van der Waals surface area contributed by atoms with Crippen LogP contribution >= 0.6 is 0 Å². The van der Waals surface area contributed by atoms with Gasteiger partial charge in [-0.05, 0) is 5.92 Å². The zero-order chi connectivity index (χ0) is 12.8. The van der Waals surface area contributed by atoms with Gasteiger partial charge in [0, 0.05) is 18.9 Å². The molecule has 0 saturated heterocycles. The van der Waals surface area contributed by atoms with Crippen LogP contribution in [0.5, 0.6) is 0 Å². The molecule has 6 nitrogen and oxygen atoms in total. The van der Waals surface area contributed by atoms with E-state index in [-0.39, 0.29) is 6.54 Å². The SMILES string of the molecule is CC(C)CN(CC(N)=O)c1ncc(C=O)cn1. The molecule has 0 unspecified atom stereocenters. The van der Waals surface area contributed by atoms with E-state index in [4.69, 9.17) is 5.73 Å². The van der Waals surface area contributed by atoms with Crippen LogP contribution in [0.4, 0.5) is 5.95 Å². The van der Waals surface area contributed by atoms with Crippen molar-refractivity contribution in [3.05, 3.63) is 18.0 Å². The van der Waals surface area contributed by atoms with Crippen molar-refractivity contribution in [1.29, 1.82) is 0 Å². The van der Waals surface area contributed by atoms with Crippen LogP contribution in [0.3, 0.4) is 0 Å². The molecule has 1 aromatic rings. The first-order valence-corrected chi connectivity index (χ1v) is 5.33. The van der Waals surface area contributed by atoms with E-state index in [2.05, 4.69) is 9.97 Å². The number of primary amides is 1. The standard InChI is InChI=1S/C11H16N4O2/c1-8(2)5-15(6-10(12)17)11-13-3-9(7-16)4-14-11/h3-4,7-8H,5-6H2,1-2H3,(H2,12,17). The lowest BCUT2D eigenvalue weighted by Crippen LogP contribution is -2.37. The van der Waals surface area contributed by atoms with Crippen LogP contribution in [0.15, 0.2) is 12.4 Å². The zero-order valence-electron chi connectivity index (χ0n) is 9.96. The van der Waals surface area contributed by atoms with Crippen LogP contribution < -0.4 is 10.6 Å². The van der Waals surface area contributed by atoms with Gasteiger partial charge in [0.25, 0.3) is 0 Å². The van der Waals surface area contributed by atoms with Gasteiger partial charge in [-0.3, -0.25) is 9.59 Å². The number of hydrogen-bond donors (Lipinski definition) is 1. The average molecular weight is 236 g/mol. The Morgan fingerprint density at radius 2 is 2.06 bits per heavy atom. The highest BCUT2D eigenvalue weighted by Gasteiger charge is 2.13. The van der Waals surface area contributed by atoms with Gasteiger partial charge in [-0.2, -0.15) is 0 Å². The molecule has 1 rings (SSSR count). The molecule has 1 heterocycles. The van der Waals surface area contributed by atoms with Gasteiger partial charge in [0.1, 0.15) is 0 Å². The highest BCUT2D eigenvalue weighted by atomic mass is 16.1. The summed E-state index contributed by atoms with van der Waals surface area (Å²) < 4.78 is 0. The lowest BCUT2D eigenvalue weighted by Gasteiger charge is -2.22. The van der Waals surface area contributed by atoms with Gasteiger partial charge in [0.2, 0.25) is 11.9 Å². The number of anilines is 1. The van der Waals surface area contributed by atoms with Crippen molar-refractivity contribution < 1.29 is 9.59 Å². The minimum Gasteiger partial charge on any atom is -0.368 e. The molecule has 2 N–H and O–H groups in total. The van der Waals surface area contributed by atoms with E-state index in [1.54, 1.807) is 4.90 Å². The van der Waals surface area contributed by atoms with E-state index in [1.807, 2.05) is 13.8 Å². The van der Waals surface area contributed by atoms with Crippen LogP contribution in [-0.4, -0.2) is 35.3 Å². The number of nitrogens with two attached hydrogens (primary N) is 1. The summed E-state index contributed by atoms with van der Waals surface area (Å²) in [5.41, 5.74) is 5.57. The number of amides is 1. The molecule has 92 valence electrons. The highest BCUT2D eigenvalue weighted by Crippen LogP contribution is 2.08. The second kappa shape index (κ2) is 5.93. The Morgan fingerprint density at radius 1 is 1.47 bits per heavy atom. The Balaban J connectivity index is 2.86. The molecule has 0 atom stereocenters. The summed E-state index contributed by atoms with van der Waals surface area (Å²) in [6, 6.07) is 0. The summed E-state index contributed by atoms with van der Waals surface area (Å²) in [4.78, 5) is 31.2. The Bertz CT molecular complexity index is 389. The van der Waals surface area contributed by atoms with Crippen LogP contribution in [0.1, 0.15) is 24.2 Å². The molecule has 17 heavy (non-hydrogen) atoms. The van der Waals surface area contributed by atoms with Crippen molar-refractivity contribution in [2.75, 3.05) is 18.0 Å². The highest BCUT2D eigenvalue weighted by molar-refractivity contribution is 5.79. The second-order valence-corrected chi connectivity index (χ2v) is 4.17. The Labute approximate surface area is 99.8 Å². The molecule has 1 amide bonds. The van der Waals surface area contributed by atoms with Gasteiger partial charge in [0.15, 0.2) is 6.29 Å². The van der Waals surface area contributed by atoms with Gasteiger partial charge >= 0.3 is 0 Å². The van der Waals surface area contributed by atoms with E-state index in [0.717, 1.165) is 0 Å². The van der Waals surface area contributed by atoms with Crippen molar-refractivity contribution in [1.82, 2.24) is 9.97 Å². The van der Waals surface area contributed by atoms with E-state index < -0.39 is 5.91 Å². The van der Waals surface area contributed by atoms with Gasteiger partial charge in [0.05, 0.1) is 12.1 Å². The summed E-state index contributed by atoms with van der Waals surface area (Å²) in [6.07, 6.45) is 3.51. The number of nitrogens with zero attached hydrogens (tertiary/aromatic N) is 3. The first-order chi connectivity index (χ1) is 8.02. The molecular weight excluding hydrogens is 220 g/mol. The fraction of sp³-hybridized carbons (Fsp3) is 0.455. The smallest absolute Gasteiger partial charge is 0.237 e. The number of aromatic nitrogens is 2.